The summed E-state index contributed by atoms with van der Waals surface area (Å²) < 4.78 is 61.3. The molecule has 0 bridgehead atoms. The third-order valence-corrected chi connectivity index (χ3v) is 3.72. The van der Waals surface area contributed by atoms with E-state index in [9.17, 15) is 22.4 Å². The van der Waals surface area contributed by atoms with Crippen LogP contribution in [0.3, 0.4) is 0 Å². The molecular formula is C17H12F4N2O3. The zero-order chi connectivity index (χ0) is 19.1. The topological polar surface area (TPSA) is 53.4 Å². The Kier molecular flexibility index (Phi) is 4.31. The number of halogens is 4. The van der Waals surface area contributed by atoms with E-state index in [0.717, 1.165) is 12.1 Å². The third-order valence-electron chi connectivity index (χ3n) is 3.72. The van der Waals surface area contributed by atoms with Crippen molar-refractivity contribution in [2.75, 3.05) is 7.11 Å². The van der Waals surface area contributed by atoms with Gasteiger partial charge in [-0.2, -0.15) is 0 Å². The van der Waals surface area contributed by atoms with Crippen molar-refractivity contribution in [3.63, 3.8) is 0 Å². The van der Waals surface area contributed by atoms with Gasteiger partial charge in [0.2, 0.25) is 0 Å². The largest absolute Gasteiger partial charge is 0.573 e. The van der Waals surface area contributed by atoms with Crippen LogP contribution in [0.15, 0.2) is 36.7 Å². The van der Waals surface area contributed by atoms with Gasteiger partial charge in [-0.3, -0.25) is 0 Å². The minimum Gasteiger partial charge on any atom is -0.465 e. The zero-order valence-electron chi connectivity index (χ0n) is 13.6. The summed E-state index contributed by atoms with van der Waals surface area (Å²) in [6, 6.07) is 5.68. The van der Waals surface area contributed by atoms with Gasteiger partial charge in [-0.1, -0.05) is 0 Å². The number of aryl methyl sites for hydroxylation is 1. The highest BCUT2D eigenvalue weighted by Crippen LogP contribution is 2.34. The Morgan fingerprint density at radius 1 is 1.15 bits per heavy atom. The molecule has 0 spiro atoms. The number of fused-ring (bicyclic) bond motifs is 1. The van der Waals surface area contributed by atoms with Gasteiger partial charge in [-0.25, -0.2) is 14.2 Å². The van der Waals surface area contributed by atoms with Crippen LogP contribution < -0.4 is 4.74 Å². The lowest BCUT2D eigenvalue weighted by atomic mass is 10.0. The number of imidazole rings is 1. The number of alkyl halides is 3. The fraction of sp³-hybridized carbons (Fsp3) is 0.176. The number of hydrogen-bond donors (Lipinski definition) is 0. The van der Waals surface area contributed by atoms with Crippen molar-refractivity contribution in [2.24, 2.45) is 7.05 Å². The minimum atomic E-state index is -4.92. The molecule has 26 heavy (non-hydrogen) atoms. The molecule has 1 heterocycles. The number of ether oxygens (including phenoxy) is 2. The minimum absolute atomic E-state index is 0.0195. The van der Waals surface area contributed by atoms with Gasteiger partial charge in [-0.05, 0) is 24.3 Å². The average Bonchev–Trinajstić information content (AvgIpc) is 2.93. The first-order chi connectivity index (χ1) is 12.2. The van der Waals surface area contributed by atoms with Crippen molar-refractivity contribution >= 4 is 17.0 Å². The number of aromatic nitrogens is 2. The summed E-state index contributed by atoms with van der Waals surface area (Å²) >= 11 is 0. The lowest BCUT2D eigenvalue weighted by Gasteiger charge is -2.11. The van der Waals surface area contributed by atoms with Gasteiger partial charge < -0.3 is 14.0 Å². The number of methoxy groups -OCH3 is 1. The molecule has 136 valence electrons. The normalized spacial score (nSPS) is 11.6. The SMILES string of the molecule is COC(=O)c1cc(-c2ccc(OC(F)(F)F)cc2F)c2ncn(C)c2c1. The summed E-state index contributed by atoms with van der Waals surface area (Å²) in [5.41, 5.74) is 1.32. The van der Waals surface area contributed by atoms with E-state index in [0.29, 0.717) is 17.1 Å². The molecule has 0 aliphatic heterocycles. The lowest BCUT2D eigenvalue weighted by molar-refractivity contribution is -0.274. The summed E-state index contributed by atoms with van der Waals surface area (Å²) in [7, 11) is 2.90. The van der Waals surface area contributed by atoms with Crippen LogP contribution in [0.4, 0.5) is 17.6 Å². The summed E-state index contributed by atoms with van der Waals surface area (Å²) in [5, 5.41) is 0. The van der Waals surface area contributed by atoms with Crippen LogP contribution >= 0.6 is 0 Å². The molecule has 9 heteroatoms. The summed E-state index contributed by atoms with van der Waals surface area (Å²) in [4.78, 5) is 16.1. The average molecular weight is 368 g/mol. The molecule has 0 saturated heterocycles. The van der Waals surface area contributed by atoms with Crippen LogP contribution in [0.2, 0.25) is 0 Å². The Bertz CT molecular complexity index is 996. The van der Waals surface area contributed by atoms with Crippen molar-refractivity contribution < 1.29 is 31.8 Å². The second-order valence-corrected chi connectivity index (χ2v) is 5.43. The lowest BCUT2D eigenvalue weighted by Crippen LogP contribution is -2.17. The Morgan fingerprint density at radius 2 is 1.88 bits per heavy atom. The first kappa shape index (κ1) is 17.7. The highest BCUT2D eigenvalue weighted by Gasteiger charge is 2.31. The van der Waals surface area contributed by atoms with Crippen LogP contribution in [0, 0.1) is 5.82 Å². The van der Waals surface area contributed by atoms with E-state index >= 15 is 0 Å². The van der Waals surface area contributed by atoms with Gasteiger partial charge in [0.15, 0.2) is 0 Å². The molecule has 0 fully saturated rings. The molecule has 0 N–H and O–H groups in total. The molecule has 2 aromatic carbocycles. The fourth-order valence-electron chi connectivity index (χ4n) is 2.58. The van der Waals surface area contributed by atoms with Crippen molar-refractivity contribution in [2.45, 2.75) is 6.36 Å². The van der Waals surface area contributed by atoms with Crippen LogP contribution in [0.25, 0.3) is 22.2 Å². The van der Waals surface area contributed by atoms with E-state index < -0.39 is 23.9 Å². The molecule has 0 atom stereocenters. The summed E-state index contributed by atoms with van der Waals surface area (Å²) in [6.07, 6.45) is -3.44. The van der Waals surface area contributed by atoms with E-state index in [4.69, 9.17) is 0 Å². The van der Waals surface area contributed by atoms with Crippen molar-refractivity contribution in [3.8, 4) is 16.9 Å². The fourth-order valence-corrected chi connectivity index (χ4v) is 2.58. The maximum atomic E-state index is 14.5. The molecule has 1 aromatic heterocycles. The molecule has 0 amide bonds. The van der Waals surface area contributed by atoms with Gasteiger partial charge >= 0.3 is 12.3 Å². The maximum absolute atomic E-state index is 14.5. The molecule has 5 nitrogen and oxygen atoms in total. The van der Waals surface area contributed by atoms with E-state index in [2.05, 4.69) is 14.5 Å². The number of carbonyl (C=O) groups excluding carboxylic acids is 1. The van der Waals surface area contributed by atoms with Crippen LogP contribution in [0.5, 0.6) is 5.75 Å². The quantitative estimate of drug-likeness (QED) is 0.517. The Morgan fingerprint density at radius 3 is 2.50 bits per heavy atom. The number of carbonyl (C=O) groups is 1. The second-order valence-electron chi connectivity index (χ2n) is 5.43. The van der Waals surface area contributed by atoms with Crippen molar-refractivity contribution in [1.29, 1.82) is 0 Å². The molecule has 3 aromatic rings. The van der Waals surface area contributed by atoms with Gasteiger partial charge in [0.25, 0.3) is 0 Å². The highest BCUT2D eigenvalue weighted by atomic mass is 19.4. The monoisotopic (exact) mass is 368 g/mol. The van der Waals surface area contributed by atoms with Gasteiger partial charge in [0, 0.05) is 24.2 Å². The van der Waals surface area contributed by atoms with Crippen molar-refractivity contribution in [1.82, 2.24) is 9.55 Å². The van der Waals surface area contributed by atoms with Gasteiger partial charge in [0.1, 0.15) is 11.6 Å². The Balaban J connectivity index is 2.17. The molecule has 0 saturated carbocycles. The molecular weight excluding hydrogens is 356 g/mol. The van der Waals surface area contributed by atoms with E-state index in [1.807, 2.05) is 0 Å². The number of nitrogens with zero attached hydrogens (tertiary/aromatic N) is 2. The summed E-state index contributed by atoms with van der Waals surface area (Å²) in [5.74, 6) is -2.26. The molecule has 0 unspecified atom stereocenters. The number of rotatable bonds is 3. The van der Waals surface area contributed by atoms with Crippen LogP contribution in [-0.2, 0) is 11.8 Å². The number of esters is 1. The first-order valence-electron chi connectivity index (χ1n) is 7.28. The third kappa shape index (κ3) is 3.32. The van der Waals surface area contributed by atoms with Crippen molar-refractivity contribution in [3.05, 3.63) is 48.0 Å². The summed E-state index contributed by atoms with van der Waals surface area (Å²) in [6.45, 7) is 0. The predicted octanol–water partition coefficient (Wildman–Crippen LogP) is 4.06. The molecule has 3 rings (SSSR count). The predicted molar refractivity (Wildman–Crippen MR) is 84.1 cm³/mol. The molecule has 0 aliphatic carbocycles. The smallest absolute Gasteiger partial charge is 0.465 e. The van der Waals surface area contributed by atoms with E-state index in [1.165, 1.54) is 25.6 Å². The Hall–Kier alpha value is -3.10. The Labute approximate surface area is 144 Å². The van der Waals surface area contributed by atoms with E-state index in [-0.39, 0.29) is 16.7 Å². The highest BCUT2D eigenvalue weighted by molar-refractivity contribution is 6.00. The number of benzene rings is 2. The molecule has 0 radical (unpaired) electrons. The zero-order valence-corrected chi connectivity index (χ0v) is 13.6. The van der Waals surface area contributed by atoms with Gasteiger partial charge in [-0.15, -0.1) is 13.2 Å². The number of hydrogen-bond acceptors (Lipinski definition) is 4. The standard InChI is InChI=1S/C17H12F4N2O3/c1-23-8-22-15-12(5-9(6-14(15)23)16(24)25-2)11-4-3-10(7-13(11)18)26-17(19,20)21/h3-8H,1-2H3. The van der Waals surface area contributed by atoms with Crippen LogP contribution in [0.1, 0.15) is 10.4 Å². The molecule has 0 aliphatic rings. The second kappa shape index (κ2) is 6.32. The maximum Gasteiger partial charge on any atom is 0.573 e. The van der Waals surface area contributed by atoms with Crippen LogP contribution in [-0.4, -0.2) is 29.0 Å². The first-order valence-corrected chi connectivity index (χ1v) is 7.28. The van der Waals surface area contributed by atoms with Gasteiger partial charge in [0.05, 0.1) is 30.0 Å². The van der Waals surface area contributed by atoms with E-state index in [1.54, 1.807) is 11.6 Å².